The summed E-state index contributed by atoms with van der Waals surface area (Å²) >= 11 is 0. The van der Waals surface area contributed by atoms with Gasteiger partial charge in [-0.2, -0.15) is 0 Å². The van der Waals surface area contributed by atoms with Crippen LogP contribution in [-0.2, 0) is 9.47 Å². The Hall–Kier alpha value is -0.160. The first kappa shape index (κ1) is 13.8. The first-order valence-corrected chi connectivity index (χ1v) is 7.88. The molecule has 0 radical (unpaired) electrons. The summed E-state index contributed by atoms with van der Waals surface area (Å²) in [5, 5.41) is 3.50. The van der Waals surface area contributed by atoms with Crippen molar-refractivity contribution in [1.29, 1.82) is 0 Å². The van der Waals surface area contributed by atoms with Gasteiger partial charge in [0.1, 0.15) is 0 Å². The molecule has 0 aromatic carbocycles. The van der Waals surface area contributed by atoms with Gasteiger partial charge in [0.2, 0.25) is 0 Å². The van der Waals surface area contributed by atoms with E-state index in [1.807, 2.05) is 0 Å². The van der Waals surface area contributed by atoms with Crippen molar-refractivity contribution in [3.63, 3.8) is 0 Å². The van der Waals surface area contributed by atoms with Crippen LogP contribution in [0.5, 0.6) is 0 Å². The van der Waals surface area contributed by atoms with Crippen LogP contribution in [0.1, 0.15) is 38.5 Å². The highest BCUT2D eigenvalue weighted by Crippen LogP contribution is 2.38. The van der Waals surface area contributed by atoms with Crippen molar-refractivity contribution in [2.45, 2.75) is 56.4 Å². The third-order valence-electron chi connectivity index (χ3n) is 5.34. The van der Waals surface area contributed by atoms with Crippen molar-refractivity contribution in [2.75, 3.05) is 33.9 Å². The van der Waals surface area contributed by atoms with E-state index in [1.54, 1.807) is 0 Å². The number of ether oxygens (including phenoxy) is 2. The van der Waals surface area contributed by atoms with Gasteiger partial charge in [0.05, 0.1) is 13.2 Å². The fourth-order valence-corrected chi connectivity index (χ4v) is 3.91. The second kappa shape index (κ2) is 5.68. The van der Waals surface area contributed by atoms with Gasteiger partial charge in [-0.25, -0.2) is 0 Å². The molecule has 0 amide bonds. The third-order valence-corrected chi connectivity index (χ3v) is 5.34. The molecule has 19 heavy (non-hydrogen) atoms. The normalized spacial score (nSPS) is 34.9. The van der Waals surface area contributed by atoms with E-state index in [0.29, 0.717) is 12.1 Å². The lowest BCUT2D eigenvalue weighted by atomic mass is 9.82. The molecule has 4 nitrogen and oxygen atoms in total. The molecule has 2 atom stereocenters. The molecule has 1 aliphatic heterocycles. The molecule has 3 rings (SSSR count). The van der Waals surface area contributed by atoms with E-state index >= 15 is 0 Å². The molecule has 0 aromatic heterocycles. The Bertz CT molecular complexity index is 301. The Balaban J connectivity index is 1.63. The van der Waals surface area contributed by atoms with Crippen molar-refractivity contribution in [2.24, 2.45) is 5.92 Å². The minimum absolute atomic E-state index is 0.272. The van der Waals surface area contributed by atoms with E-state index in [4.69, 9.17) is 9.47 Å². The largest absolute Gasteiger partial charge is 0.347 e. The van der Waals surface area contributed by atoms with Crippen molar-refractivity contribution in [1.82, 2.24) is 10.2 Å². The van der Waals surface area contributed by atoms with Gasteiger partial charge in [0.25, 0.3) is 0 Å². The molecule has 0 bridgehead atoms. The smallest absolute Gasteiger partial charge is 0.170 e. The van der Waals surface area contributed by atoms with Gasteiger partial charge >= 0.3 is 0 Å². The van der Waals surface area contributed by atoms with Gasteiger partial charge in [-0.15, -0.1) is 0 Å². The second-order valence-electron chi connectivity index (χ2n) is 6.55. The standard InChI is InChI=1S/C15H28N2O2/c1-16-13-6-7-15(18-8-9-19-15)10-14(13)17(2)11-12-4-3-5-12/h12-14,16H,3-11H2,1-2H3. The van der Waals surface area contributed by atoms with Gasteiger partial charge < -0.3 is 19.7 Å². The molecule has 4 heteroatoms. The number of rotatable bonds is 4. The monoisotopic (exact) mass is 268 g/mol. The molecule has 110 valence electrons. The summed E-state index contributed by atoms with van der Waals surface area (Å²) in [5.74, 6) is 0.650. The van der Waals surface area contributed by atoms with Crippen molar-refractivity contribution < 1.29 is 9.47 Å². The van der Waals surface area contributed by atoms with Gasteiger partial charge in [0, 0.05) is 31.5 Å². The average Bonchev–Trinajstić information content (AvgIpc) is 2.82. The SMILES string of the molecule is CNC1CCC2(CC1N(C)CC1CCC1)OCCO2. The summed E-state index contributed by atoms with van der Waals surface area (Å²) in [6, 6.07) is 1.11. The lowest BCUT2D eigenvalue weighted by Gasteiger charge is -2.46. The Morgan fingerprint density at radius 1 is 1.21 bits per heavy atom. The van der Waals surface area contributed by atoms with Gasteiger partial charge in [0.15, 0.2) is 5.79 Å². The molecule has 2 unspecified atom stereocenters. The van der Waals surface area contributed by atoms with Crippen molar-refractivity contribution >= 4 is 0 Å². The topological polar surface area (TPSA) is 33.7 Å². The van der Waals surface area contributed by atoms with Crippen molar-refractivity contribution in [3.05, 3.63) is 0 Å². The Labute approximate surface area is 116 Å². The van der Waals surface area contributed by atoms with Crippen LogP contribution in [0.25, 0.3) is 0 Å². The molecule has 2 aliphatic carbocycles. The molecule has 3 aliphatic rings. The highest BCUT2D eigenvalue weighted by molar-refractivity contribution is 4.96. The summed E-state index contributed by atoms with van der Waals surface area (Å²) in [6.07, 6.45) is 7.46. The van der Waals surface area contributed by atoms with E-state index in [1.165, 1.54) is 25.8 Å². The number of nitrogens with one attached hydrogen (secondary N) is 1. The summed E-state index contributed by atoms with van der Waals surface area (Å²) in [5.41, 5.74) is 0. The third kappa shape index (κ3) is 2.82. The first-order valence-electron chi connectivity index (χ1n) is 7.88. The molecule has 1 spiro atoms. The minimum atomic E-state index is -0.272. The Kier molecular flexibility index (Phi) is 4.13. The van der Waals surface area contributed by atoms with E-state index in [-0.39, 0.29) is 5.79 Å². The summed E-state index contributed by atoms with van der Waals surface area (Å²) in [7, 11) is 4.37. The lowest BCUT2D eigenvalue weighted by Crippen LogP contribution is -2.57. The van der Waals surface area contributed by atoms with Crippen LogP contribution in [0.4, 0.5) is 0 Å². The van der Waals surface area contributed by atoms with Crippen LogP contribution >= 0.6 is 0 Å². The van der Waals surface area contributed by atoms with Crippen molar-refractivity contribution in [3.8, 4) is 0 Å². The van der Waals surface area contributed by atoms with E-state index in [2.05, 4.69) is 24.3 Å². The van der Waals surface area contributed by atoms with E-state index < -0.39 is 0 Å². The van der Waals surface area contributed by atoms with Crippen LogP contribution < -0.4 is 5.32 Å². The highest BCUT2D eigenvalue weighted by atomic mass is 16.7. The lowest BCUT2D eigenvalue weighted by molar-refractivity contribution is -0.192. The van der Waals surface area contributed by atoms with Crippen LogP contribution in [0, 0.1) is 5.92 Å². The summed E-state index contributed by atoms with van der Waals surface area (Å²) in [6.45, 7) is 2.77. The second-order valence-corrected chi connectivity index (χ2v) is 6.55. The fraction of sp³-hybridized carbons (Fsp3) is 1.00. The van der Waals surface area contributed by atoms with Crippen LogP contribution in [0.3, 0.4) is 0 Å². The number of hydrogen-bond donors (Lipinski definition) is 1. The number of likely N-dealkylation sites (N-methyl/N-ethyl adjacent to an activating group) is 2. The van der Waals surface area contributed by atoms with Crippen LogP contribution in [-0.4, -0.2) is 56.6 Å². The van der Waals surface area contributed by atoms with Crippen LogP contribution in [0.2, 0.25) is 0 Å². The van der Waals surface area contributed by atoms with Gasteiger partial charge in [-0.1, -0.05) is 6.42 Å². The zero-order valence-electron chi connectivity index (χ0n) is 12.4. The molecule has 0 aromatic rings. The zero-order chi connectivity index (χ0) is 13.3. The van der Waals surface area contributed by atoms with Gasteiger partial charge in [-0.3, -0.25) is 0 Å². The summed E-state index contributed by atoms with van der Waals surface area (Å²) in [4.78, 5) is 2.55. The van der Waals surface area contributed by atoms with E-state index in [0.717, 1.165) is 38.4 Å². The van der Waals surface area contributed by atoms with Crippen LogP contribution in [0.15, 0.2) is 0 Å². The molecule has 3 fully saturated rings. The first-order chi connectivity index (χ1) is 9.22. The van der Waals surface area contributed by atoms with E-state index in [9.17, 15) is 0 Å². The zero-order valence-corrected chi connectivity index (χ0v) is 12.4. The molecule has 2 saturated carbocycles. The number of hydrogen-bond acceptors (Lipinski definition) is 4. The fourth-order valence-electron chi connectivity index (χ4n) is 3.91. The number of nitrogens with zero attached hydrogens (tertiary/aromatic N) is 1. The predicted molar refractivity (Wildman–Crippen MR) is 75.1 cm³/mol. The maximum Gasteiger partial charge on any atom is 0.170 e. The highest BCUT2D eigenvalue weighted by Gasteiger charge is 2.46. The molecule has 1 heterocycles. The minimum Gasteiger partial charge on any atom is -0.347 e. The maximum atomic E-state index is 5.92. The maximum absolute atomic E-state index is 5.92. The Morgan fingerprint density at radius 3 is 2.53 bits per heavy atom. The average molecular weight is 268 g/mol. The molecular weight excluding hydrogens is 240 g/mol. The van der Waals surface area contributed by atoms with Gasteiger partial charge in [-0.05, 0) is 39.3 Å². The predicted octanol–water partition coefficient (Wildman–Crippen LogP) is 1.60. The quantitative estimate of drug-likeness (QED) is 0.840. The molecule has 1 saturated heterocycles. The molecular formula is C15H28N2O2. The Morgan fingerprint density at radius 2 is 1.95 bits per heavy atom. The molecule has 1 N–H and O–H groups in total. The summed E-state index contributed by atoms with van der Waals surface area (Å²) < 4.78 is 11.8.